The number of Topliss-reactive ketones (excluding diaryl/α,β-unsaturated/α-hetero) is 1. The fourth-order valence-electron chi connectivity index (χ4n) is 4.47. The van der Waals surface area contributed by atoms with Gasteiger partial charge in [0.2, 0.25) is 0 Å². The van der Waals surface area contributed by atoms with Gasteiger partial charge in [-0.15, -0.1) is 0 Å². The number of carbonyl (C=O) groups excluding carboxylic acids is 1. The highest BCUT2D eigenvalue weighted by Gasteiger charge is 2.38. The van der Waals surface area contributed by atoms with Gasteiger partial charge in [-0.1, -0.05) is 29.8 Å². The van der Waals surface area contributed by atoms with Crippen molar-refractivity contribution in [3.05, 3.63) is 47.2 Å². The number of likely N-dealkylation sites (N-methyl/N-ethyl adjacent to an activating group) is 1. The van der Waals surface area contributed by atoms with Crippen molar-refractivity contribution in [2.45, 2.75) is 19.8 Å². The van der Waals surface area contributed by atoms with Gasteiger partial charge in [-0.2, -0.15) is 4.73 Å². The lowest BCUT2D eigenvalue weighted by Crippen LogP contribution is -2.40. The van der Waals surface area contributed by atoms with Crippen molar-refractivity contribution in [1.82, 2.24) is 9.63 Å². The minimum Gasteiger partial charge on any atom is -0.428 e. The summed E-state index contributed by atoms with van der Waals surface area (Å²) in [6.45, 7) is 4.00. The molecule has 1 aromatic heterocycles. The van der Waals surface area contributed by atoms with Crippen LogP contribution in [-0.4, -0.2) is 40.8 Å². The molecule has 1 fully saturated rings. The molecule has 2 aliphatic rings. The number of benzene rings is 1. The van der Waals surface area contributed by atoms with Crippen LogP contribution in [0.4, 0.5) is 0 Å². The van der Waals surface area contributed by atoms with Crippen molar-refractivity contribution in [2.24, 2.45) is 11.8 Å². The first-order valence-corrected chi connectivity index (χ1v) is 8.28. The molecule has 4 nitrogen and oxygen atoms in total. The van der Waals surface area contributed by atoms with E-state index in [0.29, 0.717) is 24.0 Å². The zero-order valence-electron chi connectivity index (χ0n) is 13.6. The molecule has 0 spiro atoms. The molecule has 1 aromatic carbocycles. The first-order chi connectivity index (χ1) is 11.1. The number of hydrogen-bond acceptors (Lipinski definition) is 3. The van der Waals surface area contributed by atoms with Crippen molar-refractivity contribution < 1.29 is 10.0 Å². The lowest BCUT2D eigenvalue weighted by Gasteiger charge is -2.38. The van der Waals surface area contributed by atoms with Crippen molar-refractivity contribution in [2.75, 3.05) is 20.1 Å². The van der Waals surface area contributed by atoms with E-state index in [9.17, 15) is 10.0 Å². The number of carbonyl (C=O) groups is 1. The summed E-state index contributed by atoms with van der Waals surface area (Å²) in [5.41, 5.74) is 3.61. The van der Waals surface area contributed by atoms with Gasteiger partial charge in [-0.05, 0) is 43.9 Å². The molecular formula is C19H22N2O2. The molecule has 1 aliphatic carbocycles. The van der Waals surface area contributed by atoms with E-state index in [0.717, 1.165) is 40.7 Å². The van der Waals surface area contributed by atoms with Crippen LogP contribution in [0.2, 0.25) is 0 Å². The van der Waals surface area contributed by atoms with E-state index < -0.39 is 0 Å². The van der Waals surface area contributed by atoms with Crippen molar-refractivity contribution in [3.8, 4) is 0 Å². The molecule has 2 unspecified atom stereocenters. The number of aromatic nitrogens is 1. The Balaban J connectivity index is 1.88. The molecular weight excluding hydrogens is 288 g/mol. The van der Waals surface area contributed by atoms with E-state index in [1.165, 1.54) is 5.57 Å². The molecule has 2 heterocycles. The number of ketones is 1. The smallest absolute Gasteiger partial charge is 0.183 e. The average molecular weight is 310 g/mol. The third-order valence-corrected chi connectivity index (χ3v) is 5.51. The highest BCUT2D eigenvalue weighted by molar-refractivity contribution is 6.03. The van der Waals surface area contributed by atoms with E-state index in [1.807, 2.05) is 24.3 Å². The van der Waals surface area contributed by atoms with E-state index in [2.05, 4.69) is 24.9 Å². The van der Waals surface area contributed by atoms with Gasteiger partial charge in [0.25, 0.3) is 0 Å². The second kappa shape index (κ2) is 5.24. The molecule has 1 aliphatic heterocycles. The van der Waals surface area contributed by atoms with Gasteiger partial charge in [0.05, 0.1) is 5.52 Å². The van der Waals surface area contributed by atoms with Crippen LogP contribution in [0.3, 0.4) is 0 Å². The van der Waals surface area contributed by atoms with Crippen LogP contribution in [0, 0.1) is 11.8 Å². The maximum Gasteiger partial charge on any atom is 0.183 e. The third-order valence-electron chi connectivity index (χ3n) is 5.51. The molecule has 23 heavy (non-hydrogen) atoms. The fraction of sp³-hybridized carbons (Fsp3) is 0.421. The quantitative estimate of drug-likeness (QED) is 0.600. The minimum atomic E-state index is 0.0649. The van der Waals surface area contributed by atoms with E-state index in [4.69, 9.17) is 0 Å². The van der Waals surface area contributed by atoms with Crippen LogP contribution < -0.4 is 0 Å². The molecule has 2 atom stereocenters. The Bertz CT molecular complexity index is 818. The van der Waals surface area contributed by atoms with Crippen LogP contribution >= 0.6 is 0 Å². The summed E-state index contributed by atoms with van der Waals surface area (Å²) >= 11 is 0. The molecule has 120 valence electrons. The van der Waals surface area contributed by atoms with Crippen molar-refractivity contribution in [3.63, 3.8) is 0 Å². The van der Waals surface area contributed by atoms with Crippen LogP contribution in [0.5, 0.6) is 0 Å². The fourth-order valence-corrected chi connectivity index (χ4v) is 4.47. The molecule has 0 bridgehead atoms. The largest absolute Gasteiger partial charge is 0.428 e. The summed E-state index contributed by atoms with van der Waals surface area (Å²) < 4.78 is 1.11. The summed E-state index contributed by atoms with van der Waals surface area (Å²) in [6, 6.07) is 7.75. The summed E-state index contributed by atoms with van der Waals surface area (Å²) in [6.07, 6.45) is 3.52. The zero-order valence-corrected chi connectivity index (χ0v) is 13.6. The Morgan fingerprint density at radius 2 is 2.04 bits per heavy atom. The predicted octanol–water partition coefficient (Wildman–Crippen LogP) is 3.13. The average Bonchev–Trinajstić information content (AvgIpc) is 2.72. The predicted molar refractivity (Wildman–Crippen MR) is 90.0 cm³/mol. The van der Waals surface area contributed by atoms with Crippen LogP contribution in [0.1, 0.15) is 29.4 Å². The first kappa shape index (κ1) is 14.5. The van der Waals surface area contributed by atoms with Crippen LogP contribution in [0.15, 0.2) is 35.9 Å². The van der Waals surface area contributed by atoms with Gasteiger partial charge in [0.15, 0.2) is 5.78 Å². The molecule has 4 heteroatoms. The van der Waals surface area contributed by atoms with Gasteiger partial charge in [0, 0.05) is 24.9 Å². The highest BCUT2D eigenvalue weighted by atomic mass is 16.5. The van der Waals surface area contributed by atoms with E-state index in [1.54, 1.807) is 0 Å². The van der Waals surface area contributed by atoms with Gasteiger partial charge >= 0.3 is 0 Å². The number of para-hydroxylation sites is 1. The first-order valence-electron chi connectivity index (χ1n) is 8.28. The van der Waals surface area contributed by atoms with E-state index >= 15 is 0 Å². The van der Waals surface area contributed by atoms with Gasteiger partial charge < -0.3 is 10.1 Å². The molecule has 0 radical (unpaired) electrons. The number of rotatable bonds is 0. The second-order valence-corrected chi connectivity index (χ2v) is 6.91. The maximum atomic E-state index is 12.9. The Hall–Kier alpha value is -2.07. The number of nitrogens with zero attached hydrogens (tertiary/aromatic N) is 2. The van der Waals surface area contributed by atoms with E-state index in [-0.39, 0.29) is 5.78 Å². The van der Waals surface area contributed by atoms with Crippen LogP contribution in [0.25, 0.3) is 10.9 Å². The van der Waals surface area contributed by atoms with Crippen molar-refractivity contribution >= 4 is 16.7 Å². The molecule has 4 rings (SSSR count). The number of likely N-dealkylation sites (tertiary alicyclic amines) is 1. The Morgan fingerprint density at radius 3 is 2.83 bits per heavy atom. The molecule has 0 amide bonds. The Labute approximate surface area is 136 Å². The zero-order chi connectivity index (χ0) is 16.1. The standard InChI is InChI=1S/C19H22N2O2/c1-3-12-10-20(2)11-13-8-16-14-6-4-5-7-17(14)21(23)19(16)18(22)9-15(12)13/h3-7,13,15,23H,8-11H2,1-2H3. The molecule has 0 saturated carbocycles. The molecule has 1 N–H and O–H groups in total. The van der Waals surface area contributed by atoms with Gasteiger partial charge in [-0.25, -0.2) is 0 Å². The monoisotopic (exact) mass is 310 g/mol. The molecule has 2 aromatic rings. The normalized spacial score (nSPS) is 27.0. The lowest BCUT2D eigenvalue weighted by molar-refractivity contribution is 0.0900. The van der Waals surface area contributed by atoms with Gasteiger partial charge in [0.1, 0.15) is 5.69 Å². The minimum absolute atomic E-state index is 0.0649. The topological polar surface area (TPSA) is 45.5 Å². The molecule has 1 saturated heterocycles. The number of piperidine rings is 1. The maximum absolute atomic E-state index is 12.9. The highest BCUT2D eigenvalue weighted by Crippen LogP contribution is 2.40. The second-order valence-electron chi connectivity index (χ2n) is 6.91. The summed E-state index contributed by atoms with van der Waals surface area (Å²) in [5.74, 6) is 0.793. The Morgan fingerprint density at radius 1 is 1.26 bits per heavy atom. The summed E-state index contributed by atoms with van der Waals surface area (Å²) in [4.78, 5) is 15.2. The number of allylic oxidation sites excluding steroid dienone is 1. The SMILES string of the molecule is CC=C1CN(C)CC2Cc3c(n(O)c4ccccc34)C(=O)CC12. The van der Waals surface area contributed by atoms with Crippen molar-refractivity contribution in [1.29, 1.82) is 0 Å². The number of hydrogen-bond donors (Lipinski definition) is 1. The summed E-state index contributed by atoms with van der Waals surface area (Å²) in [5, 5.41) is 11.5. The van der Waals surface area contributed by atoms with Gasteiger partial charge in [-0.3, -0.25) is 4.79 Å². The number of fused-ring (bicyclic) bond motifs is 4. The Kier molecular flexibility index (Phi) is 3.31. The summed E-state index contributed by atoms with van der Waals surface area (Å²) in [7, 11) is 2.14. The third kappa shape index (κ3) is 2.12. The van der Waals surface area contributed by atoms with Crippen LogP contribution in [-0.2, 0) is 6.42 Å². The lowest BCUT2D eigenvalue weighted by atomic mass is 9.78.